The van der Waals surface area contributed by atoms with Crippen LogP contribution in [0.2, 0.25) is 0 Å². The zero-order valence-corrected chi connectivity index (χ0v) is 18.4. The Labute approximate surface area is 181 Å². The predicted molar refractivity (Wildman–Crippen MR) is 117 cm³/mol. The number of rotatable bonds is 5. The highest BCUT2D eigenvalue weighted by molar-refractivity contribution is 5.75. The average molecular weight is 412 g/mol. The van der Waals surface area contributed by atoms with E-state index < -0.39 is 0 Å². The maximum absolute atomic E-state index is 12.5. The molecule has 164 valence electrons. The fourth-order valence-electron chi connectivity index (χ4n) is 7.00. The summed E-state index contributed by atoms with van der Waals surface area (Å²) in [6, 6.07) is 10.8. The molecular weight excluding hydrogens is 374 g/mol. The van der Waals surface area contributed by atoms with Crippen LogP contribution in [0, 0.1) is 29.6 Å². The summed E-state index contributed by atoms with van der Waals surface area (Å²) in [7, 11) is 0. The molecule has 6 unspecified atom stereocenters. The third-order valence-corrected chi connectivity index (χ3v) is 8.49. The number of fused-ring (bicyclic) bond motifs is 2. The number of nitrogens with zero attached hydrogens (tertiary/aromatic N) is 1. The van der Waals surface area contributed by atoms with Gasteiger partial charge in [-0.15, -0.1) is 0 Å². The Morgan fingerprint density at radius 1 is 1.07 bits per heavy atom. The van der Waals surface area contributed by atoms with E-state index >= 15 is 0 Å². The van der Waals surface area contributed by atoms with Crippen LogP contribution in [0.15, 0.2) is 30.3 Å². The monoisotopic (exact) mass is 411 g/mol. The van der Waals surface area contributed by atoms with Crippen LogP contribution in [0.5, 0.6) is 0 Å². The Morgan fingerprint density at radius 2 is 1.83 bits per heavy atom. The first-order chi connectivity index (χ1) is 14.7. The molecule has 1 aromatic rings. The van der Waals surface area contributed by atoms with Crippen LogP contribution < -0.4 is 0 Å². The molecule has 0 spiro atoms. The molecule has 0 N–H and O–H groups in total. The van der Waals surface area contributed by atoms with Crippen molar-refractivity contribution in [2.75, 3.05) is 19.7 Å². The van der Waals surface area contributed by atoms with Gasteiger partial charge in [0, 0.05) is 25.6 Å². The smallest absolute Gasteiger partial charge is 0.309 e. The summed E-state index contributed by atoms with van der Waals surface area (Å²) in [5.74, 6) is 2.50. The van der Waals surface area contributed by atoms with E-state index in [1.165, 1.54) is 31.2 Å². The van der Waals surface area contributed by atoms with Gasteiger partial charge in [-0.25, -0.2) is 0 Å². The lowest BCUT2D eigenvalue weighted by Crippen LogP contribution is -2.46. The van der Waals surface area contributed by atoms with E-state index in [1.807, 2.05) is 0 Å². The summed E-state index contributed by atoms with van der Waals surface area (Å²) < 4.78 is 12.3. The molecule has 5 rings (SSSR count). The lowest BCUT2D eigenvalue weighted by atomic mass is 9.57. The normalized spacial score (nSPS) is 37.4. The summed E-state index contributed by atoms with van der Waals surface area (Å²) in [5.41, 5.74) is 1.40. The molecule has 0 radical (unpaired) electrons. The first-order valence-corrected chi connectivity index (χ1v) is 12.3. The van der Waals surface area contributed by atoms with Crippen LogP contribution in [0.4, 0.5) is 0 Å². The van der Waals surface area contributed by atoms with Crippen LogP contribution in [0.25, 0.3) is 0 Å². The van der Waals surface area contributed by atoms with E-state index in [4.69, 9.17) is 9.47 Å². The molecule has 4 nitrogen and oxygen atoms in total. The minimum absolute atomic E-state index is 0.0618. The van der Waals surface area contributed by atoms with Crippen LogP contribution in [0.1, 0.15) is 57.4 Å². The second kappa shape index (κ2) is 9.00. The molecule has 2 aliphatic carbocycles. The maximum Gasteiger partial charge on any atom is 0.309 e. The highest BCUT2D eigenvalue weighted by Crippen LogP contribution is 2.53. The third-order valence-electron chi connectivity index (χ3n) is 8.49. The van der Waals surface area contributed by atoms with Crippen LogP contribution in [0.3, 0.4) is 0 Å². The average Bonchev–Trinajstić information content (AvgIpc) is 3.06. The van der Waals surface area contributed by atoms with Crippen LogP contribution in [-0.4, -0.2) is 42.8 Å². The van der Waals surface area contributed by atoms with Crippen molar-refractivity contribution in [3.8, 4) is 0 Å². The van der Waals surface area contributed by atoms with E-state index in [9.17, 15) is 4.79 Å². The number of likely N-dealkylation sites (tertiary alicyclic amines) is 1. The molecule has 2 heterocycles. The summed E-state index contributed by atoms with van der Waals surface area (Å²) in [5, 5.41) is 0. The van der Waals surface area contributed by atoms with E-state index in [1.54, 1.807) is 0 Å². The van der Waals surface area contributed by atoms with E-state index in [2.05, 4.69) is 42.2 Å². The molecular formula is C26H37NO3. The molecule has 0 aromatic heterocycles. The Balaban J connectivity index is 1.17. The Kier molecular flexibility index (Phi) is 6.15. The van der Waals surface area contributed by atoms with Gasteiger partial charge in [0.1, 0.15) is 6.10 Å². The van der Waals surface area contributed by atoms with Gasteiger partial charge < -0.3 is 9.47 Å². The fourth-order valence-corrected chi connectivity index (χ4v) is 7.00. The zero-order chi connectivity index (χ0) is 20.5. The minimum Gasteiger partial charge on any atom is -0.462 e. The molecule has 2 saturated carbocycles. The van der Waals surface area contributed by atoms with Crippen molar-refractivity contribution in [3.63, 3.8) is 0 Å². The second-order valence-corrected chi connectivity index (χ2v) is 10.2. The van der Waals surface area contributed by atoms with Gasteiger partial charge >= 0.3 is 5.97 Å². The SMILES string of the molecule is CC1OC(=O)C2CC3CCCCC3C(COC3CCN(Cc4ccccc4)CC3)C12. The van der Waals surface area contributed by atoms with Gasteiger partial charge in [-0.05, 0) is 55.9 Å². The molecule has 30 heavy (non-hydrogen) atoms. The number of carbonyl (C=O) groups excluding carboxylic acids is 1. The molecule has 4 fully saturated rings. The number of cyclic esters (lactones) is 1. The van der Waals surface area contributed by atoms with Crippen molar-refractivity contribution in [1.82, 2.24) is 4.90 Å². The molecule has 6 atom stereocenters. The van der Waals surface area contributed by atoms with Crippen molar-refractivity contribution in [2.45, 2.75) is 70.6 Å². The highest BCUT2D eigenvalue weighted by Gasteiger charge is 2.54. The third kappa shape index (κ3) is 4.18. The zero-order valence-electron chi connectivity index (χ0n) is 18.4. The molecule has 2 aliphatic heterocycles. The van der Waals surface area contributed by atoms with Crippen molar-refractivity contribution in [2.24, 2.45) is 29.6 Å². The van der Waals surface area contributed by atoms with Gasteiger partial charge in [0.2, 0.25) is 0 Å². The lowest BCUT2D eigenvalue weighted by Gasteiger charge is -2.47. The summed E-state index contributed by atoms with van der Waals surface area (Å²) in [6.45, 7) is 6.20. The molecule has 0 amide bonds. The molecule has 4 aliphatic rings. The van der Waals surface area contributed by atoms with Crippen molar-refractivity contribution >= 4 is 5.97 Å². The van der Waals surface area contributed by atoms with E-state index in [0.717, 1.165) is 51.4 Å². The van der Waals surface area contributed by atoms with Gasteiger partial charge in [-0.2, -0.15) is 0 Å². The Hall–Kier alpha value is -1.39. The molecule has 2 saturated heterocycles. The number of ether oxygens (including phenoxy) is 2. The van der Waals surface area contributed by atoms with Gasteiger partial charge in [-0.3, -0.25) is 9.69 Å². The largest absolute Gasteiger partial charge is 0.462 e. The maximum atomic E-state index is 12.5. The quantitative estimate of drug-likeness (QED) is 0.660. The van der Waals surface area contributed by atoms with Gasteiger partial charge in [0.25, 0.3) is 0 Å². The number of hydrogen-bond donors (Lipinski definition) is 0. The number of hydrogen-bond acceptors (Lipinski definition) is 4. The number of benzene rings is 1. The summed E-state index contributed by atoms with van der Waals surface area (Å²) in [4.78, 5) is 15.0. The van der Waals surface area contributed by atoms with Gasteiger partial charge in [0.05, 0.1) is 18.6 Å². The van der Waals surface area contributed by atoms with Crippen LogP contribution in [-0.2, 0) is 20.8 Å². The molecule has 0 bridgehead atoms. The first kappa shape index (κ1) is 20.5. The number of carbonyl (C=O) groups is 1. The highest BCUT2D eigenvalue weighted by atomic mass is 16.6. The fraction of sp³-hybridized carbons (Fsp3) is 0.731. The van der Waals surface area contributed by atoms with Crippen molar-refractivity contribution in [3.05, 3.63) is 35.9 Å². The number of esters is 1. The molecule has 1 aromatic carbocycles. The van der Waals surface area contributed by atoms with Gasteiger partial charge in [0.15, 0.2) is 0 Å². The minimum atomic E-state index is 0.0618. The van der Waals surface area contributed by atoms with Crippen LogP contribution >= 0.6 is 0 Å². The second-order valence-electron chi connectivity index (χ2n) is 10.2. The predicted octanol–water partition coefficient (Wildman–Crippen LogP) is 4.67. The number of piperidine rings is 1. The van der Waals surface area contributed by atoms with E-state index in [-0.39, 0.29) is 18.0 Å². The Morgan fingerprint density at radius 3 is 2.63 bits per heavy atom. The first-order valence-electron chi connectivity index (χ1n) is 12.3. The van der Waals surface area contributed by atoms with Crippen molar-refractivity contribution in [1.29, 1.82) is 0 Å². The molecule has 4 heteroatoms. The van der Waals surface area contributed by atoms with Gasteiger partial charge in [-0.1, -0.05) is 49.6 Å². The van der Waals surface area contributed by atoms with E-state index in [0.29, 0.717) is 23.9 Å². The summed E-state index contributed by atoms with van der Waals surface area (Å²) >= 11 is 0. The standard InChI is InChI=1S/C26H37NO3/c1-18-25-23(26(28)30-18)15-20-9-5-6-10-22(20)24(25)17-29-21-11-13-27(14-12-21)16-19-7-3-2-4-8-19/h2-4,7-8,18,20-25H,5-6,9-17H2,1H3. The van der Waals surface area contributed by atoms with Crippen molar-refractivity contribution < 1.29 is 14.3 Å². The lowest BCUT2D eigenvalue weighted by molar-refractivity contribution is -0.144. The Bertz CT molecular complexity index is 714. The topological polar surface area (TPSA) is 38.8 Å². The summed E-state index contributed by atoms with van der Waals surface area (Å²) in [6.07, 6.45) is 9.01.